The van der Waals surface area contributed by atoms with Gasteiger partial charge in [0.2, 0.25) is 10.0 Å². The molecule has 0 radical (unpaired) electrons. The predicted molar refractivity (Wildman–Crippen MR) is 67.7 cm³/mol. The van der Waals surface area contributed by atoms with Crippen molar-refractivity contribution in [2.75, 3.05) is 13.1 Å². The maximum atomic E-state index is 12.3. The van der Waals surface area contributed by atoms with E-state index in [4.69, 9.17) is 11.6 Å². The third kappa shape index (κ3) is 2.37. The molecule has 0 bridgehead atoms. The fourth-order valence-corrected chi connectivity index (χ4v) is 3.96. The van der Waals surface area contributed by atoms with E-state index < -0.39 is 10.0 Å². The number of alkyl halides is 1. The van der Waals surface area contributed by atoms with E-state index in [-0.39, 0.29) is 0 Å². The van der Waals surface area contributed by atoms with Gasteiger partial charge in [0.25, 0.3) is 0 Å². The van der Waals surface area contributed by atoms with Gasteiger partial charge in [0.1, 0.15) is 4.90 Å². The highest BCUT2D eigenvalue weighted by Crippen LogP contribution is 2.23. The zero-order valence-corrected chi connectivity index (χ0v) is 11.5. The van der Waals surface area contributed by atoms with Crippen molar-refractivity contribution in [1.29, 1.82) is 0 Å². The van der Waals surface area contributed by atoms with Crippen molar-refractivity contribution in [3.8, 4) is 0 Å². The summed E-state index contributed by atoms with van der Waals surface area (Å²) in [5, 5.41) is 0. The number of aryl methyl sites for hydroxylation is 1. The molecule has 96 valence electrons. The maximum absolute atomic E-state index is 12.3. The third-order valence-electron chi connectivity index (χ3n) is 3.14. The Bertz CT molecular complexity index is 468. The molecule has 1 aliphatic rings. The summed E-state index contributed by atoms with van der Waals surface area (Å²) in [7, 11) is -3.31. The Morgan fingerprint density at radius 2 is 2.00 bits per heavy atom. The number of rotatable bonds is 4. The monoisotopic (exact) mass is 276 g/mol. The average Bonchev–Trinajstić information content (AvgIpc) is 2.98. The van der Waals surface area contributed by atoms with Crippen LogP contribution in [-0.4, -0.2) is 30.4 Å². The molecule has 0 spiro atoms. The lowest BCUT2D eigenvalue weighted by Gasteiger charge is -2.13. The molecule has 2 heterocycles. The normalized spacial score (nSPS) is 17.8. The summed E-state index contributed by atoms with van der Waals surface area (Å²) in [6.45, 7) is 3.98. The van der Waals surface area contributed by atoms with E-state index in [1.54, 1.807) is 16.6 Å². The Balaban J connectivity index is 2.35. The lowest BCUT2D eigenvalue weighted by atomic mass is 10.4. The van der Waals surface area contributed by atoms with Crippen LogP contribution in [0.25, 0.3) is 0 Å². The number of aromatic nitrogens is 1. The second-order valence-electron chi connectivity index (χ2n) is 4.20. The largest absolute Gasteiger partial charge is 0.349 e. The Kier molecular flexibility index (Phi) is 3.80. The zero-order valence-electron chi connectivity index (χ0n) is 9.89. The van der Waals surface area contributed by atoms with Gasteiger partial charge in [0, 0.05) is 31.5 Å². The molecule has 1 aromatic heterocycles. The Hall–Kier alpha value is -0.520. The molecule has 0 atom stereocenters. The molecule has 0 saturated carbocycles. The molecule has 2 rings (SSSR count). The van der Waals surface area contributed by atoms with E-state index in [9.17, 15) is 8.42 Å². The molecule has 1 saturated heterocycles. The van der Waals surface area contributed by atoms with E-state index >= 15 is 0 Å². The van der Waals surface area contributed by atoms with Crippen LogP contribution in [0.3, 0.4) is 0 Å². The molecule has 1 aromatic rings. The minimum atomic E-state index is -3.31. The van der Waals surface area contributed by atoms with Crippen molar-refractivity contribution < 1.29 is 8.42 Å². The van der Waals surface area contributed by atoms with Gasteiger partial charge in [0.05, 0.1) is 5.88 Å². The molecule has 0 unspecified atom stereocenters. The van der Waals surface area contributed by atoms with Gasteiger partial charge in [-0.3, -0.25) is 0 Å². The van der Waals surface area contributed by atoms with Crippen LogP contribution >= 0.6 is 11.6 Å². The quantitative estimate of drug-likeness (QED) is 0.790. The fraction of sp³-hybridized carbons (Fsp3) is 0.636. The Morgan fingerprint density at radius 1 is 1.35 bits per heavy atom. The number of nitrogens with zero attached hydrogens (tertiary/aromatic N) is 2. The summed E-state index contributed by atoms with van der Waals surface area (Å²) >= 11 is 5.80. The van der Waals surface area contributed by atoms with Crippen LogP contribution in [0.15, 0.2) is 17.2 Å². The molecule has 17 heavy (non-hydrogen) atoms. The van der Waals surface area contributed by atoms with Crippen LogP contribution in [0.4, 0.5) is 0 Å². The highest BCUT2D eigenvalue weighted by atomic mass is 35.5. The van der Waals surface area contributed by atoms with Gasteiger partial charge in [-0.2, -0.15) is 4.31 Å². The van der Waals surface area contributed by atoms with E-state index in [2.05, 4.69) is 0 Å². The van der Waals surface area contributed by atoms with Gasteiger partial charge in [0.15, 0.2) is 0 Å². The van der Waals surface area contributed by atoms with Crippen molar-refractivity contribution in [2.45, 2.75) is 37.1 Å². The zero-order chi connectivity index (χ0) is 12.5. The topological polar surface area (TPSA) is 42.3 Å². The predicted octanol–water partition coefficient (Wildman–Crippen LogP) is 2.03. The molecule has 0 aromatic carbocycles. The SMILES string of the molecule is CCn1cc(S(=O)(=O)N2CCCC2)cc1CCl. The van der Waals surface area contributed by atoms with Gasteiger partial charge >= 0.3 is 0 Å². The van der Waals surface area contributed by atoms with Crippen LogP contribution in [0, 0.1) is 0 Å². The Labute approximate surface area is 107 Å². The summed E-state index contributed by atoms with van der Waals surface area (Å²) in [5.74, 6) is 0.337. The number of hydrogen-bond donors (Lipinski definition) is 0. The molecule has 0 N–H and O–H groups in total. The second kappa shape index (κ2) is 5.00. The minimum Gasteiger partial charge on any atom is -0.349 e. The standard InChI is InChI=1S/C11H17ClN2O2S/c1-2-13-9-11(7-10(13)8-12)17(15,16)14-5-3-4-6-14/h7,9H,2-6,8H2,1H3. The Morgan fingerprint density at radius 3 is 2.47 bits per heavy atom. The summed E-state index contributed by atoms with van der Waals surface area (Å²) < 4.78 is 28.0. The molecule has 0 amide bonds. The number of hydrogen-bond acceptors (Lipinski definition) is 2. The van der Waals surface area contributed by atoms with E-state index in [0.29, 0.717) is 23.9 Å². The highest BCUT2D eigenvalue weighted by molar-refractivity contribution is 7.89. The average molecular weight is 277 g/mol. The summed E-state index contributed by atoms with van der Waals surface area (Å²) in [6.07, 6.45) is 3.59. The molecule has 0 aliphatic carbocycles. The van der Waals surface area contributed by atoms with E-state index in [0.717, 1.165) is 25.1 Å². The van der Waals surface area contributed by atoms with Crippen LogP contribution in [-0.2, 0) is 22.4 Å². The van der Waals surface area contributed by atoms with Gasteiger partial charge in [-0.15, -0.1) is 11.6 Å². The van der Waals surface area contributed by atoms with Gasteiger partial charge < -0.3 is 4.57 Å². The highest BCUT2D eigenvalue weighted by Gasteiger charge is 2.28. The molecule has 4 nitrogen and oxygen atoms in total. The first-order valence-corrected chi connectivity index (χ1v) is 7.82. The fourth-order valence-electron chi connectivity index (χ4n) is 2.15. The minimum absolute atomic E-state index is 0.337. The third-order valence-corrected chi connectivity index (χ3v) is 5.28. The molecule has 1 fully saturated rings. The van der Waals surface area contributed by atoms with Crippen molar-refractivity contribution in [2.24, 2.45) is 0 Å². The number of sulfonamides is 1. The first-order chi connectivity index (χ1) is 8.09. The van der Waals surface area contributed by atoms with Crippen LogP contribution < -0.4 is 0 Å². The molecular formula is C11H17ClN2O2S. The summed E-state index contributed by atoms with van der Waals surface area (Å²) in [5.41, 5.74) is 0.854. The van der Waals surface area contributed by atoms with Crippen molar-refractivity contribution in [3.63, 3.8) is 0 Å². The van der Waals surface area contributed by atoms with Crippen LogP contribution in [0.1, 0.15) is 25.5 Å². The van der Waals surface area contributed by atoms with Crippen LogP contribution in [0.5, 0.6) is 0 Å². The maximum Gasteiger partial charge on any atom is 0.244 e. The molecule has 1 aliphatic heterocycles. The first kappa shape index (κ1) is 12.9. The lowest BCUT2D eigenvalue weighted by molar-refractivity contribution is 0.477. The van der Waals surface area contributed by atoms with Gasteiger partial charge in [-0.05, 0) is 25.8 Å². The van der Waals surface area contributed by atoms with Gasteiger partial charge in [-0.25, -0.2) is 8.42 Å². The summed E-state index contributed by atoms with van der Waals surface area (Å²) in [4.78, 5) is 0.372. The van der Waals surface area contributed by atoms with E-state index in [1.807, 2.05) is 11.5 Å². The summed E-state index contributed by atoms with van der Waals surface area (Å²) in [6, 6.07) is 1.68. The molecular weight excluding hydrogens is 260 g/mol. The second-order valence-corrected chi connectivity index (χ2v) is 6.40. The van der Waals surface area contributed by atoms with Crippen molar-refractivity contribution >= 4 is 21.6 Å². The lowest BCUT2D eigenvalue weighted by Crippen LogP contribution is -2.27. The van der Waals surface area contributed by atoms with Crippen molar-refractivity contribution in [3.05, 3.63) is 18.0 Å². The molecule has 6 heteroatoms. The van der Waals surface area contributed by atoms with Gasteiger partial charge in [-0.1, -0.05) is 0 Å². The smallest absolute Gasteiger partial charge is 0.244 e. The van der Waals surface area contributed by atoms with Crippen molar-refractivity contribution in [1.82, 2.24) is 8.87 Å². The first-order valence-electron chi connectivity index (χ1n) is 5.84. The number of halogens is 1. The van der Waals surface area contributed by atoms with E-state index in [1.165, 1.54) is 0 Å². The van der Waals surface area contributed by atoms with Crippen LogP contribution in [0.2, 0.25) is 0 Å².